The normalized spacial score (nSPS) is 13.9. The van der Waals surface area contributed by atoms with Gasteiger partial charge >= 0.3 is 0 Å². The molecule has 0 saturated carbocycles. The van der Waals surface area contributed by atoms with Crippen LogP contribution in [0.25, 0.3) is 111 Å². The molecule has 2 aliphatic heterocycles. The predicted octanol–water partition coefficient (Wildman–Crippen LogP) is 37.2. The Kier molecular flexibility index (Phi) is 20.1. The SMILES string of the molecule is CC1(C)c2cc(-c3cccc4c3-c3ccccc3C43c4ccccc4N(c4ccccc4)c4ccccc43)ccc2-c2ccc(N(c3ccc(-c4ccccc4)cc3)c3ccc(-c4ccccc4)cc3)cc21.CC1(C)c2cc(-c3cccc4c3-c3ccccc3C43c4ccccc4N(c4ccccc4)c4ccccc43)ccc2-c2ccc(N(c3ccc(-c4ccccc4)cc3)c3ccccc3-c3ccccc3)cc21. The molecule has 0 amide bonds. The molecule has 680 valence electrons. The van der Waals surface area contributed by atoms with Gasteiger partial charge in [0, 0.05) is 56.2 Å². The van der Waals surface area contributed by atoms with Crippen LogP contribution in [-0.2, 0) is 21.7 Å². The highest BCUT2D eigenvalue weighted by Gasteiger charge is 2.55. The number of hydrogen-bond donors (Lipinski definition) is 0. The first-order valence-corrected chi connectivity index (χ1v) is 50.3. The fourth-order valence-electron chi connectivity index (χ4n) is 25.3. The molecule has 22 aromatic carbocycles. The molecule has 0 aromatic heterocycles. The molecule has 4 heteroatoms. The van der Waals surface area contributed by atoms with Gasteiger partial charge in [0.05, 0.1) is 39.3 Å². The molecular weight excluding hydrogens is 1740 g/mol. The Morgan fingerprint density at radius 3 is 0.771 bits per heavy atom. The molecule has 0 radical (unpaired) electrons. The summed E-state index contributed by atoms with van der Waals surface area (Å²) in [5.41, 5.74) is 53.2. The first kappa shape index (κ1) is 85.2. The maximum Gasteiger partial charge on any atom is 0.0754 e. The summed E-state index contributed by atoms with van der Waals surface area (Å²) in [4.78, 5) is 9.77. The van der Waals surface area contributed by atoms with Crippen molar-refractivity contribution in [3.05, 3.63) is 601 Å². The van der Waals surface area contributed by atoms with Crippen molar-refractivity contribution in [3.8, 4) is 111 Å². The third-order valence-corrected chi connectivity index (χ3v) is 31.7. The van der Waals surface area contributed by atoms with Crippen LogP contribution in [0.4, 0.5) is 68.2 Å². The van der Waals surface area contributed by atoms with Gasteiger partial charge in [-0.15, -0.1) is 0 Å². The predicted molar refractivity (Wildman–Crippen MR) is 601 cm³/mol. The van der Waals surface area contributed by atoms with Crippen LogP contribution < -0.4 is 19.6 Å². The second kappa shape index (κ2) is 34.0. The van der Waals surface area contributed by atoms with E-state index >= 15 is 0 Å². The van der Waals surface area contributed by atoms with Gasteiger partial charge in [-0.3, -0.25) is 0 Å². The summed E-state index contributed by atoms with van der Waals surface area (Å²) < 4.78 is 0. The number of benzene rings is 22. The van der Waals surface area contributed by atoms with Crippen molar-refractivity contribution in [3.63, 3.8) is 0 Å². The van der Waals surface area contributed by atoms with Gasteiger partial charge in [-0.05, 0) is 300 Å². The Morgan fingerprint density at radius 1 is 0.153 bits per heavy atom. The number of fused-ring (bicyclic) bond motifs is 24. The lowest BCUT2D eigenvalue weighted by molar-refractivity contribution is 0.660. The van der Waals surface area contributed by atoms with Crippen molar-refractivity contribution < 1.29 is 0 Å². The Morgan fingerprint density at radius 2 is 0.403 bits per heavy atom. The quantitative estimate of drug-likeness (QED) is 0.108. The van der Waals surface area contributed by atoms with E-state index in [1.54, 1.807) is 0 Å². The van der Waals surface area contributed by atoms with Gasteiger partial charge in [-0.25, -0.2) is 0 Å². The van der Waals surface area contributed by atoms with E-state index in [9.17, 15) is 0 Å². The first-order valence-electron chi connectivity index (χ1n) is 50.3. The molecule has 144 heavy (non-hydrogen) atoms. The van der Waals surface area contributed by atoms with Crippen LogP contribution in [0.2, 0.25) is 0 Å². The minimum atomic E-state index is -0.518. The third-order valence-electron chi connectivity index (χ3n) is 31.7. The number of hydrogen-bond acceptors (Lipinski definition) is 4. The molecule has 4 nitrogen and oxygen atoms in total. The van der Waals surface area contributed by atoms with Crippen molar-refractivity contribution in [2.24, 2.45) is 0 Å². The highest BCUT2D eigenvalue weighted by atomic mass is 15.2. The maximum absolute atomic E-state index is 2.50. The summed E-state index contributed by atoms with van der Waals surface area (Å²) in [6, 6.07) is 198. The van der Waals surface area contributed by atoms with Crippen molar-refractivity contribution >= 4 is 68.2 Å². The fraction of sp³-hybridized carbons (Fsp3) is 0.0571. The van der Waals surface area contributed by atoms with E-state index in [0.717, 1.165) is 45.5 Å². The van der Waals surface area contributed by atoms with E-state index in [1.807, 2.05) is 0 Å². The summed E-state index contributed by atoms with van der Waals surface area (Å²) in [7, 11) is 0. The minimum Gasteiger partial charge on any atom is -0.310 e. The lowest BCUT2D eigenvalue weighted by atomic mass is 9.64. The van der Waals surface area contributed by atoms with Gasteiger partial charge in [0.25, 0.3) is 0 Å². The van der Waals surface area contributed by atoms with Gasteiger partial charge in [-0.1, -0.05) is 434 Å². The molecular formula is C140H100N4. The van der Waals surface area contributed by atoms with Crippen LogP contribution in [0.3, 0.4) is 0 Å². The molecule has 2 heterocycles. The zero-order chi connectivity index (χ0) is 95.9. The summed E-state index contributed by atoms with van der Waals surface area (Å²) in [6.07, 6.45) is 0. The largest absolute Gasteiger partial charge is 0.310 e. The number of rotatable bonds is 14. The van der Waals surface area contributed by atoms with Crippen LogP contribution in [0.15, 0.2) is 534 Å². The highest BCUT2D eigenvalue weighted by Crippen LogP contribution is 2.68. The van der Waals surface area contributed by atoms with Crippen LogP contribution in [0, 0.1) is 0 Å². The number of para-hydroxylation sites is 7. The van der Waals surface area contributed by atoms with E-state index in [2.05, 4.69) is 581 Å². The van der Waals surface area contributed by atoms with Crippen LogP contribution in [-0.4, -0.2) is 0 Å². The molecule has 0 bridgehead atoms. The van der Waals surface area contributed by atoms with Gasteiger partial charge in [0.1, 0.15) is 0 Å². The zero-order valence-electron chi connectivity index (χ0n) is 80.6. The summed E-state index contributed by atoms with van der Waals surface area (Å²) in [5, 5.41) is 0. The second-order valence-electron chi connectivity index (χ2n) is 40.0. The summed E-state index contributed by atoms with van der Waals surface area (Å²) in [5.74, 6) is 0. The van der Waals surface area contributed by atoms with Gasteiger partial charge < -0.3 is 19.6 Å². The van der Waals surface area contributed by atoms with E-state index < -0.39 is 10.8 Å². The molecule has 0 unspecified atom stereocenters. The molecule has 22 aromatic rings. The molecule has 0 fully saturated rings. The lowest BCUT2D eigenvalue weighted by Gasteiger charge is -2.45. The number of nitrogens with zero attached hydrogens (tertiary/aromatic N) is 4. The standard InChI is InChI=1S/2C70H50N2/c1-69(2)63-45-50(55-29-20-33-62-68(55)58-28-12-14-30-59(58)70(62)60-31-15-18-35-66(60)72(51-25-10-5-11-26-51)67-36-19-16-32-61(67)70)39-43-56(63)57-44-42-53(46-64(57)69)71(52-40-37-48(38-41-52)47-21-6-3-7-22-47)65-34-17-13-27-54(65)49-23-8-4-9-24-49;1-69(2)64-45-51(56-26-18-30-63-68(56)59-25-12-13-27-60(59)70(63)61-28-14-16-31-66(61)72(52-23-10-5-11-24-52)67-32-17-15-29-62(67)70)37-43-57(64)58-44-42-55(46-65(58)69)71(53-38-33-49(34-39-53)47-19-6-3-7-20-47)54-40-35-50(36-41-54)48-21-8-4-9-22-48/h2*3-46H,1-2H3. The van der Waals surface area contributed by atoms with E-state index in [1.165, 1.54) is 201 Å². The minimum absolute atomic E-state index is 0.268. The zero-order valence-corrected chi connectivity index (χ0v) is 80.6. The van der Waals surface area contributed by atoms with Crippen molar-refractivity contribution in [2.45, 2.75) is 49.4 Å². The van der Waals surface area contributed by atoms with E-state index in [-0.39, 0.29) is 10.8 Å². The van der Waals surface area contributed by atoms with E-state index in [4.69, 9.17) is 0 Å². The van der Waals surface area contributed by atoms with Crippen molar-refractivity contribution in [2.75, 3.05) is 19.6 Å². The van der Waals surface area contributed by atoms with Gasteiger partial charge in [0.2, 0.25) is 0 Å². The monoisotopic (exact) mass is 1840 g/mol. The average molecular weight is 1840 g/mol. The molecule has 4 aliphatic carbocycles. The summed E-state index contributed by atoms with van der Waals surface area (Å²) >= 11 is 0. The highest BCUT2D eigenvalue weighted by molar-refractivity contribution is 6.05. The topological polar surface area (TPSA) is 13.0 Å². The van der Waals surface area contributed by atoms with Crippen LogP contribution in [0.1, 0.15) is 94.5 Å². The smallest absolute Gasteiger partial charge is 0.0754 e. The van der Waals surface area contributed by atoms with Crippen LogP contribution >= 0.6 is 0 Å². The van der Waals surface area contributed by atoms with Crippen molar-refractivity contribution in [1.29, 1.82) is 0 Å². The molecule has 0 N–H and O–H groups in total. The van der Waals surface area contributed by atoms with E-state index in [0.29, 0.717) is 0 Å². The third kappa shape index (κ3) is 13.2. The Hall–Kier alpha value is -18.0. The van der Waals surface area contributed by atoms with Gasteiger partial charge in [0.15, 0.2) is 0 Å². The Balaban J connectivity index is 0.000000143. The molecule has 28 rings (SSSR count). The molecule has 2 spiro atoms. The fourth-order valence-corrected chi connectivity index (χ4v) is 25.3. The Labute approximate surface area is 843 Å². The Bertz CT molecular complexity index is 8610. The number of anilines is 12. The molecule has 6 aliphatic rings. The lowest BCUT2D eigenvalue weighted by Crippen LogP contribution is -2.36. The summed E-state index contributed by atoms with van der Waals surface area (Å²) in [6.45, 7) is 9.65. The molecule has 0 atom stereocenters. The molecule has 0 saturated heterocycles. The average Bonchev–Trinajstić information content (AvgIpc) is 1.44. The van der Waals surface area contributed by atoms with Crippen LogP contribution in [0.5, 0.6) is 0 Å². The second-order valence-corrected chi connectivity index (χ2v) is 40.0. The maximum atomic E-state index is 2.50. The van der Waals surface area contributed by atoms with Crippen molar-refractivity contribution in [1.82, 2.24) is 0 Å². The van der Waals surface area contributed by atoms with Gasteiger partial charge in [-0.2, -0.15) is 0 Å². The first-order chi connectivity index (χ1) is 71.0.